The van der Waals surface area contributed by atoms with Gasteiger partial charge >= 0.3 is 0 Å². The molecule has 1 aliphatic carbocycles. The van der Waals surface area contributed by atoms with Crippen molar-refractivity contribution < 1.29 is 15.0 Å². The lowest BCUT2D eigenvalue weighted by Gasteiger charge is -2.41. The Morgan fingerprint density at radius 1 is 1.33 bits per heavy atom. The number of carbonyl (C=O) groups is 1. The number of rotatable bonds is 4. The molecule has 1 aromatic carbocycles. The zero-order valence-electron chi connectivity index (χ0n) is 10.6. The van der Waals surface area contributed by atoms with E-state index in [0.29, 0.717) is 6.54 Å². The first kappa shape index (κ1) is 12.7. The molecule has 1 fully saturated rings. The third kappa shape index (κ3) is 2.28. The van der Waals surface area contributed by atoms with Crippen molar-refractivity contribution in [2.45, 2.75) is 32.6 Å². The van der Waals surface area contributed by atoms with E-state index in [0.717, 1.165) is 19.3 Å². The highest BCUT2D eigenvalue weighted by molar-refractivity contribution is 5.99. The maximum absolute atomic E-state index is 12.0. The molecule has 98 valence electrons. The molecule has 1 saturated carbocycles. The lowest BCUT2D eigenvalue weighted by molar-refractivity contribution is 0.0845. The Hall–Kier alpha value is -1.71. The van der Waals surface area contributed by atoms with Gasteiger partial charge in [-0.2, -0.15) is 0 Å². The third-order valence-electron chi connectivity index (χ3n) is 4.04. The molecule has 0 bridgehead atoms. The number of phenolic OH excluding ortho intramolecular Hbond substituents is 2. The predicted octanol–water partition coefficient (Wildman–Crippen LogP) is 2.41. The van der Waals surface area contributed by atoms with Crippen LogP contribution in [0.25, 0.3) is 0 Å². The molecule has 0 spiro atoms. The summed E-state index contributed by atoms with van der Waals surface area (Å²) >= 11 is 0. The molecule has 1 amide bonds. The summed E-state index contributed by atoms with van der Waals surface area (Å²) in [4.78, 5) is 12.0. The van der Waals surface area contributed by atoms with Crippen LogP contribution in [0.1, 0.15) is 43.0 Å². The van der Waals surface area contributed by atoms with Crippen molar-refractivity contribution >= 4 is 5.91 Å². The molecule has 4 nitrogen and oxygen atoms in total. The summed E-state index contributed by atoms with van der Waals surface area (Å²) in [5, 5.41) is 22.0. The second-order valence-electron chi connectivity index (χ2n) is 5.06. The molecular weight excluding hydrogens is 230 g/mol. The Labute approximate surface area is 107 Å². The standard InChI is InChI=1S/C14H19NO3/c1-2-14(7-4-8-14)9-15-13(18)12-10(16)5-3-6-11(12)17/h3,5-6,16-17H,2,4,7-9H2,1H3,(H,15,18). The number of hydrogen-bond acceptors (Lipinski definition) is 3. The number of hydrogen-bond donors (Lipinski definition) is 3. The Morgan fingerprint density at radius 2 is 1.94 bits per heavy atom. The average Bonchev–Trinajstić information content (AvgIpc) is 2.28. The maximum Gasteiger partial charge on any atom is 0.258 e. The highest BCUT2D eigenvalue weighted by Crippen LogP contribution is 2.43. The van der Waals surface area contributed by atoms with E-state index in [-0.39, 0.29) is 22.5 Å². The molecular formula is C14H19NO3. The largest absolute Gasteiger partial charge is 0.507 e. The highest BCUT2D eigenvalue weighted by Gasteiger charge is 2.35. The van der Waals surface area contributed by atoms with Crippen LogP contribution in [-0.2, 0) is 0 Å². The summed E-state index contributed by atoms with van der Waals surface area (Å²) in [6.07, 6.45) is 4.53. The zero-order valence-corrected chi connectivity index (χ0v) is 10.6. The first-order valence-corrected chi connectivity index (χ1v) is 6.37. The van der Waals surface area contributed by atoms with Gasteiger partial charge in [0.2, 0.25) is 0 Å². The van der Waals surface area contributed by atoms with Gasteiger partial charge in [-0.15, -0.1) is 0 Å². The van der Waals surface area contributed by atoms with Gasteiger partial charge in [-0.25, -0.2) is 0 Å². The minimum atomic E-state index is -0.412. The Balaban J connectivity index is 2.04. The molecule has 0 atom stereocenters. The van der Waals surface area contributed by atoms with Crippen LogP contribution in [0, 0.1) is 5.41 Å². The smallest absolute Gasteiger partial charge is 0.258 e. The molecule has 4 heteroatoms. The van der Waals surface area contributed by atoms with E-state index >= 15 is 0 Å². The average molecular weight is 249 g/mol. The molecule has 1 aromatic rings. The fourth-order valence-corrected chi connectivity index (χ4v) is 2.45. The molecule has 0 radical (unpaired) electrons. The van der Waals surface area contributed by atoms with E-state index in [1.54, 1.807) is 0 Å². The third-order valence-corrected chi connectivity index (χ3v) is 4.04. The molecule has 0 aromatic heterocycles. The minimum absolute atomic E-state index is 0.0388. The van der Waals surface area contributed by atoms with Gasteiger partial charge in [0.15, 0.2) is 0 Å². The Bertz CT molecular complexity index is 427. The molecule has 1 aliphatic rings. The fourth-order valence-electron chi connectivity index (χ4n) is 2.45. The number of nitrogens with one attached hydrogen (secondary N) is 1. The number of benzene rings is 1. The lowest BCUT2D eigenvalue weighted by atomic mass is 9.67. The van der Waals surface area contributed by atoms with Gasteiger partial charge in [-0.1, -0.05) is 19.4 Å². The van der Waals surface area contributed by atoms with Crippen LogP contribution in [0.5, 0.6) is 11.5 Å². The summed E-state index contributed by atoms with van der Waals surface area (Å²) in [5.41, 5.74) is 0.179. The highest BCUT2D eigenvalue weighted by atomic mass is 16.3. The molecule has 0 unspecified atom stereocenters. The van der Waals surface area contributed by atoms with Crippen molar-refractivity contribution in [3.05, 3.63) is 23.8 Å². The second kappa shape index (κ2) is 4.88. The lowest BCUT2D eigenvalue weighted by Crippen LogP contribution is -2.41. The van der Waals surface area contributed by atoms with Gasteiger partial charge < -0.3 is 15.5 Å². The summed E-state index contributed by atoms with van der Waals surface area (Å²) in [6, 6.07) is 4.29. The van der Waals surface area contributed by atoms with Gasteiger partial charge in [0.25, 0.3) is 5.91 Å². The van der Waals surface area contributed by atoms with Crippen molar-refractivity contribution in [1.82, 2.24) is 5.32 Å². The van der Waals surface area contributed by atoms with Crippen LogP contribution in [0.4, 0.5) is 0 Å². The summed E-state index contributed by atoms with van der Waals surface area (Å²) < 4.78 is 0. The molecule has 0 heterocycles. The Morgan fingerprint density at radius 3 is 2.39 bits per heavy atom. The number of amides is 1. The first-order valence-electron chi connectivity index (χ1n) is 6.37. The summed E-state index contributed by atoms with van der Waals surface area (Å²) in [5.74, 6) is -0.788. The van der Waals surface area contributed by atoms with Crippen LogP contribution in [0.2, 0.25) is 0 Å². The van der Waals surface area contributed by atoms with Gasteiger partial charge in [-0.05, 0) is 36.8 Å². The van der Waals surface area contributed by atoms with Crippen LogP contribution in [0.15, 0.2) is 18.2 Å². The van der Waals surface area contributed by atoms with Crippen molar-refractivity contribution in [3.63, 3.8) is 0 Å². The van der Waals surface area contributed by atoms with Crippen molar-refractivity contribution in [3.8, 4) is 11.5 Å². The van der Waals surface area contributed by atoms with E-state index in [2.05, 4.69) is 12.2 Å². The predicted molar refractivity (Wildman–Crippen MR) is 68.7 cm³/mol. The first-order chi connectivity index (χ1) is 8.58. The minimum Gasteiger partial charge on any atom is -0.507 e. The van der Waals surface area contributed by atoms with Gasteiger partial charge in [-0.3, -0.25) is 4.79 Å². The van der Waals surface area contributed by atoms with Crippen molar-refractivity contribution in [1.29, 1.82) is 0 Å². The normalized spacial score (nSPS) is 16.9. The summed E-state index contributed by atoms with van der Waals surface area (Å²) in [7, 11) is 0. The second-order valence-corrected chi connectivity index (χ2v) is 5.06. The SMILES string of the molecule is CCC1(CNC(=O)c2c(O)cccc2O)CCC1. The van der Waals surface area contributed by atoms with Crippen LogP contribution < -0.4 is 5.32 Å². The van der Waals surface area contributed by atoms with Gasteiger partial charge in [0, 0.05) is 6.54 Å². The van der Waals surface area contributed by atoms with Gasteiger partial charge in [0.05, 0.1) is 0 Å². The monoisotopic (exact) mass is 249 g/mol. The molecule has 18 heavy (non-hydrogen) atoms. The number of aromatic hydroxyl groups is 2. The zero-order chi connectivity index (χ0) is 13.2. The quantitative estimate of drug-likeness (QED) is 0.767. The molecule has 0 saturated heterocycles. The molecule has 2 rings (SSSR count). The van der Waals surface area contributed by atoms with E-state index in [1.165, 1.54) is 24.6 Å². The fraction of sp³-hybridized carbons (Fsp3) is 0.500. The van der Waals surface area contributed by atoms with Crippen LogP contribution >= 0.6 is 0 Å². The van der Waals surface area contributed by atoms with Crippen molar-refractivity contribution in [2.75, 3.05) is 6.54 Å². The van der Waals surface area contributed by atoms with Crippen LogP contribution in [-0.4, -0.2) is 22.7 Å². The molecule has 3 N–H and O–H groups in total. The van der Waals surface area contributed by atoms with Crippen LogP contribution in [0.3, 0.4) is 0 Å². The molecule has 0 aliphatic heterocycles. The van der Waals surface area contributed by atoms with E-state index in [9.17, 15) is 15.0 Å². The van der Waals surface area contributed by atoms with Crippen molar-refractivity contribution in [2.24, 2.45) is 5.41 Å². The number of carbonyl (C=O) groups excluding carboxylic acids is 1. The topological polar surface area (TPSA) is 69.6 Å². The van der Waals surface area contributed by atoms with E-state index < -0.39 is 5.91 Å². The number of phenols is 2. The maximum atomic E-state index is 12.0. The summed E-state index contributed by atoms with van der Waals surface area (Å²) in [6.45, 7) is 2.74. The van der Waals surface area contributed by atoms with E-state index in [4.69, 9.17) is 0 Å². The van der Waals surface area contributed by atoms with Gasteiger partial charge in [0.1, 0.15) is 17.1 Å². The van der Waals surface area contributed by atoms with E-state index in [1.807, 2.05) is 0 Å². The Kier molecular flexibility index (Phi) is 3.45.